The molecule has 21 heavy (non-hydrogen) atoms. The number of allylic oxidation sites excluding steroid dienone is 4. The van der Waals surface area contributed by atoms with Crippen LogP contribution in [0.2, 0.25) is 0 Å². The van der Waals surface area contributed by atoms with E-state index in [2.05, 4.69) is 58.9 Å². The minimum Gasteiger partial charge on any atom is -0.237 e. The summed E-state index contributed by atoms with van der Waals surface area (Å²) < 4.78 is 2.00. The summed E-state index contributed by atoms with van der Waals surface area (Å²) in [4.78, 5) is 0. The molecule has 1 heterocycles. The van der Waals surface area contributed by atoms with Crippen molar-refractivity contribution < 1.29 is 0 Å². The molecule has 3 aromatic rings. The smallest absolute Gasteiger partial charge is 0.113 e. The molecule has 102 valence electrons. The van der Waals surface area contributed by atoms with Crippen LogP contribution in [-0.4, -0.2) is 15.0 Å². The molecule has 0 N–H and O–H groups in total. The molecule has 0 fully saturated rings. The lowest BCUT2D eigenvalue weighted by atomic mass is 9.97. The van der Waals surface area contributed by atoms with Crippen LogP contribution in [0.25, 0.3) is 16.6 Å². The number of benzene rings is 2. The Labute approximate surface area is 123 Å². The molecule has 0 radical (unpaired) electrons. The Morgan fingerprint density at radius 3 is 2.57 bits per heavy atom. The number of nitrogens with zero attached hydrogens (tertiary/aromatic N) is 3. The van der Waals surface area contributed by atoms with Crippen LogP contribution in [0.5, 0.6) is 0 Å². The second-order valence-corrected chi connectivity index (χ2v) is 5.21. The highest BCUT2D eigenvalue weighted by Crippen LogP contribution is 2.28. The topological polar surface area (TPSA) is 30.7 Å². The van der Waals surface area contributed by atoms with Crippen LogP contribution in [-0.2, 0) is 0 Å². The first-order valence-electron chi connectivity index (χ1n) is 7.15. The molecule has 4 rings (SSSR count). The minimum atomic E-state index is 0.241. The SMILES string of the molecule is C1=CC(n2nnc3ccccc32)CC=C1c1ccccc1. The first-order valence-corrected chi connectivity index (χ1v) is 7.15. The Balaban J connectivity index is 1.64. The zero-order valence-corrected chi connectivity index (χ0v) is 11.6. The average molecular weight is 273 g/mol. The minimum absolute atomic E-state index is 0.241. The maximum atomic E-state index is 4.30. The molecule has 0 saturated heterocycles. The van der Waals surface area contributed by atoms with Crippen molar-refractivity contribution in [2.24, 2.45) is 0 Å². The molecule has 1 unspecified atom stereocenters. The summed E-state index contributed by atoms with van der Waals surface area (Å²) in [7, 11) is 0. The Morgan fingerprint density at radius 1 is 0.952 bits per heavy atom. The van der Waals surface area contributed by atoms with Gasteiger partial charge in [-0.15, -0.1) is 5.10 Å². The third-order valence-corrected chi connectivity index (χ3v) is 3.88. The number of aromatic nitrogens is 3. The second-order valence-electron chi connectivity index (χ2n) is 5.21. The summed E-state index contributed by atoms with van der Waals surface area (Å²) in [6.45, 7) is 0. The first kappa shape index (κ1) is 12.1. The lowest BCUT2D eigenvalue weighted by Crippen LogP contribution is -2.09. The predicted octanol–water partition coefficient (Wildman–Crippen LogP) is 4.02. The molecular formula is C18H15N3. The van der Waals surface area contributed by atoms with Crippen LogP contribution >= 0.6 is 0 Å². The van der Waals surface area contributed by atoms with Gasteiger partial charge in [0.1, 0.15) is 5.52 Å². The van der Waals surface area contributed by atoms with E-state index >= 15 is 0 Å². The van der Waals surface area contributed by atoms with Gasteiger partial charge >= 0.3 is 0 Å². The summed E-state index contributed by atoms with van der Waals surface area (Å²) in [5.74, 6) is 0. The quantitative estimate of drug-likeness (QED) is 0.706. The Bertz CT molecular complexity index is 828. The van der Waals surface area contributed by atoms with Gasteiger partial charge in [-0.25, -0.2) is 4.68 Å². The van der Waals surface area contributed by atoms with Crippen LogP contribution < -0.4 is 0 Å². The average Bonchev–Trinajstić information content (AvgIpc) is 3.00. The van der Waals surface area contributed by atoms with Crippen molar-refractivity contribution >= 4 is 16.6 Å². The van der Waals surface area contributed by atoms with Gasteiger partial charge in [0.05, 0.1) is 11.6 Å². The van der Waals surface area contributed by atoms with Gasteiger partial charge in [-0.2, -0.15) is 0 Å². The standard InChI is InChI=1S/C18H15N3/c1-2-6-14(7-3-1)15-10-12-16(13-11-15)21-18-9-5-4-8-17(18)19-20-21/h1-12,16H,13H2. The highest BCUT2D eigenvalue weighted by atomic mass is 15.4. The van der Waals surface area contributed by atoms with E-state index in [1.54, 1.807) is 0 Å². The number of hydrogen-bond acceptors (Lipinski definition) is 2. The van der Waals surface area contributed by atoms with Gasteiger partial charge in [0.2, 0.25) is 0 Å². The summed E-state index contributed by atoms with van der Waals surface area (Å²) >= 11 is 0. The monoisotopic (exact) mass is 273 g/mol. The molecule has 3 heteroatoms. The summed E-state index contributed by atoms with van der Waals surface area (Å²) in [6.07, 6.45) is 7.61. The molecule has 1 aliphatic rings. The largest absolute Gasteiger partial charge is 0.237 e. The maximum Gasteiger partial charge on any atom is 0.113 e. The highest BCUT2D eigenvalue weighted by Gasteiger charge is 2.15. The molecule has 1 aliphatic carbocycles. The van der Waals surface area contributed by atoms with Gasteiger partial charge in [-0.3, -0.25) is 0 Å². The first-order chi connectivity index (χ1) is 10.4. The molecule has 1 aromatic heterocycles. The van der Waals surface area contributed by atoms with Gasteiger partial charge in [0, 0.05) is 0 Å². The lowest BCUT2D eigenvalue weighted by Gasteiger charge is -2.17. The predicted molar refractivity (Wildman–Crippen MR) is 84.7 cm³/mol. The number of rotatable bonds is 2. The van der Waals surface area contributed by atoms with Crippen molar-refractivity contribution in [1.82, 2.24) is 15.0 Å². The second kappa shape index (κ2) is 5.02. The summed E-state index contributed by atoms with van der Waals surface area (Å²) in [5.41, 5.74) is 4.57. The molecule has 3 nitrogen and oxygen atoms in total. The van der Waals surface area contributed by atoms with Crippen molar-refractivity contribution in [2.75, 3.05) is 0 Å². The fraction of sp³-hybridized carbons (Fsp3) is 0.111. The Morgan fingerprint density at radius 2 is 1.76 bits per heavy atom. The molecular weight excluding hydrogens is 258 g/mol. The zero-order chi connectivity index (χ0) is 14.1. The Hall–Kier alpha value is -2.68. The molecule has 1 atom stereocenters. The fourth-order valence-corrected chi connectivity index (χ4v) is 2.77. The van der Waals surface area contributed by atoms with E-state index in [1.165, 1.54) is 11.1 Å². The van der Waals surface area contributed by atoms with Crippen molar-refractivity contribution in [1.29, 1.82) is 0 Å². The van der Waals surface area contributed by atoms with Crippen LogP contribution in [0.1, 0.15) is 18.0 Å². The fourth-order valence-electron chi connectivity index (χ4n) is 2.77. The van der Waals surface area contributed by atoms with E-state index in [-0.39, 0.29) is 6.04 Å². The molecule has 0 amide bonds. The normalized spacial score (nSPS) is 17.9. The van der Waals surface area contributed by atoms with Crippen LogP contribution in [0.4, 0.5) is 0 Å². The third kappa shape index (κ3) is 2.17. The van der Waals surface area contributed by atoms with Crippen molar-refractivity contribution in [3.63, 3.8) is 0 Å². The van der Waals surface area contributed by atoms with Crippen LogP contribution in [0.3, 0.4) is 0 Å². The highest BCUT2D eigenvalue weighted by molar-refractivity contribution is 5.76. The lowest BCUT2D eigenvalue weighted by molar-refractivity contribution is 0.539. The van der Waals surface area contributed by atoms with E-state index in [0.29, 0.717) is 0 Å². The van der Waals surface area contributed by atoms with Crippen LogP contribution in [0, 0.1) is 0 Å². The van der Waals surface area contributed by atoms with Gasteiger partial charge in [0.25, 0.3) is 0 Å². The number of fused-ring (bicyclic) bond motifs is 1. The number of hydrogen-bond donors (Lipinski definition) is 0. The van der Waals surface area contributed by atoms with Gasteiger partial charge in [0.15, 0.2) is 0 Å². The van der Waals surface area contributed by atoms with Gasteiger partial charge in [-0.1, -0.05) is 65.9 Å². The number of para-hydroxylation sites is 1. The molecule has 0 saturated carbocycles. The van der Waals surface area contributed by atoms with Crippen molar-refractivity contribution in [2.45, 2.75) is 12.5 Å². The third-order valence-electron chi connectivity index (χ3n) is 3.88. The molecule has 0 aliphatic heterocycles. The maximum absolute atomic E-state index is 4.30. The van der Waals surface area contributed by atoms with Crippen LogP contribution in [0.15, 0.2) is 72.8 Å². The van der Waals surface area contributed by atoms with Crippen molar-refractivity contribution in [3.8, 4) is 0 Å². The molecule has 2 aromatic carbocycles. The van der Waals surface area contributed by atoms with E-state index in [1.807, 2.05) is 28.9 Å². The van der Waals surface area contributed by atoms with E-state index in [0.717, 1.165) is 17.5 Å². The Kier molecular flexibility index (Phi) is 2.89. The van der Waals surface area contributed by atoms with Gasteiger partial charge in [-0.05, 0) is 29.7 Å². The van der Waals surface area contributed by atoms with Gasteiger partial charge < -0.3 is 0 Å². The zero-order valence-electron chi connectivity index (χ0n) is 11.6. The van der Waals surface area contributed by atoms with Crippen molar-refractivity contribution in [3.05, 3.63) is 78.4 Å². The summed E-state index contributed by atoms with van der Waals surface area (Å²) in [5, 5.41) is 8.53. The van der Waals surface area contributed by atoms with E-state index in [9.17, 15) is 0 Å². The summed E-state index contributed by atoms with van der Waals surface area (Å²) in [6, 6.07) is 18.8. The molecule has 0 spiro atoms. The van der Waals surface area contributed by atoms with E-state index < -0.39 is 0 Å². The molecule has 0 bridgehead atoms. The van der Waals surface area contributed by atoms with E-state index in [4.69, 9.17) is 0 Å².